The fraction of sp³-hybridized carbons (Fsp3) is 0.438. The molecule has 0 unspecified atom stereocenters. The van der Waals surface area contributed by atoms with Gasteiger partial charge in [-0.25, -0.2) is 0 Å². The van der Waals surface area contributed by atoms with Crippen molar-refractivity contribution >= 4 is 22.6 Å². The van der Waals surface area contributed by atoms with Gasteiger partial charge in [0.25, 0.3) is 5.91 Å². The zero-order valence-electron chi connectivity index (χ0n) is 23.3. The maximum Gasteiger partial charge on any atom is 0.251 e. The van der Waals surface area contributed by atoms with Crippen LogP contribution in [0.2, 0.25) is 0 Å². The van der Waals surface area contributed by atoms with E-state index in [-0.39, 0.29) is 11.8 Å². The highest BCUT2D eigenvalue weighted by molar-refractivity contribution is 6.00. The monoisotopic (exact) mass is 528 g/mol. The summed E-state index contributed by atoms with van der Waals surface area (Å²) in [7, 11) is 3.72. The van der Waals surface area contributed by atoms with Crippen LogP contribution in [0.5, 0.6) is 5.75 Å². The number of carbonyl (C=O) groups is 2. The van der Waals surface area contributed by atoms with Crippen LogP contribution in [-0.2, 0) is 4.79 Å². The molecule has 3 aromatic carbocycles. The Morgan fingerprint density at radius 2 is 1.69 bits per heavy atom. The first-order valence-corrected chi connectivity index (χ1v) is 14.1. The molecule has 2 amide bonds. The Bertz CT molecular complexity index is 1300. The summed E-state index contributed by atoms with van der Waals surface area (Å²) in [5.74, 6) is 1.16. The molecule has 1 aliphatic heterocycles. The van der Waals surface area contributed by atoms with Gasteiger partial charge >= 0.3 is 0 Å². The number of aryl methyl sites for hydroxylation is 1. The molecule has 0 spiro atoms. The number of hydrogen-bond acceptors (Lipinski definition) is 5. The van der Waals surface area contributed by atoms with E-state index in [2.05, 4.69) is 53.8 Å². The van der Waals surface area contributed by atoms with Gasteiger partial charge in [0.2, 0.25) is 5.91 Å². The van der Waals surface area contributed by atoms with Crippen LogP contribution in [0.1, 0.15) is 46.7 Å². The summed E-state index contributed by atoms with van der Waals surface area (Å²) in [5.41, 5.74) is 3.23. The lowest BCUT2D eigenvalue weighted by molar-refractivity contribution is -0.135. The molecule has 5 rings (SSSR count). The maximum absolute atomic E-state index is 13.5. The molecule has 0 aromatic heterocycles. The van der Waals surface area contributed by atoms with Crippen LogP contribution in [0, 0.1) is 6.92 Å². The number of piperazine rings is 1. The Balaban J connectivity index is 1.20. The predicted molar refractivity (Wildman–Crippen MR) is 155 cm³/mol. The van der Waals surface area contributed by atoms with Gasteiger partial charge in [-0.05, 0) is 80.4 Å². The number of hydrogen-bond donors (Lipinski definition) is 2. The lowest BCUT2D eigenvalue weighted by atomic mass is 10.0. The Morgan fingerprint density at radius 1 is 0.974 bits per heavy atom. The third-order valence-corrected chi connectivity index (χ3v) is 8.10. The molecular weight excluding hydrogens is 488 g/mol. The fourth-order valence-electron chi connectivity index (χ4n) is 5.43. The number of likely N-dealkylation sites (N-methyl/N-ethyl adjacent to an activating group) is 1. The number of ether oxygens (including phenoxy) is 1. The summed E-state index contributed by atoms with van der Waals surface area (Å²) in [6, 6.07) is 20.2. The highest BCUT2D eigenvalue weighted by atomic mass is 16.5. The fourth-order valence-corrected chi connectivity index (χ4v) is 5.43. The lowest BCUT2D eigenvalue weighted by Crippen LogP contribution is -2.54. The minimum absolute atomic E-state index is 0.0194. The van der Waals surface area contributed by atoms with Gasteiger partial charge in [0.05, 0.1) is 7.11 Å². The Labute approximate surface area is 231 Å². The number of rotatable bonds is 10. The van der Waals surface area contributed by atoms with Crippen molar-refractivity contribution < 1.29 is 14.3 Å². The standard InChI is InChI=1S/C32H40N4O3/c1-22-6-8-23(9-7-22)28-21-30(28)33-14-4-5-29(32(38)36-17-15-35(2)16-18-36)34-31(37)26-11-10-25-20-27(39-3)13-12-24(25)19-26/h6-13,19-20,28-30,33H,4-5,14-18,21H2,1-3H3,(H,34,37)/t28-,29-,30+/m0/s1. The van der Waals surface area contributed by atoms with Gasteiger partial charge in [-0.3, -0.25) is 9.59 Å². The van der Waals surface area contributed by atoms with E-state index in [1.807, 2.05) is 41.3 Å². The number of fused-ring (bicyclic) bond motifs is 1. The topological polar surface area (TPSA) is 73.9 Å². The molecule has 2 N–H and O–H groups in total. The second kappa shape index (κ2) is 12.2. The zero-order chi connectivity index (χ0) is 27.4. The zero-order valence-corrected chi connectivity index (χ0v) is 23.3. The van der Waals surface area contributed by atoms with E-state index in [9.17, 15) is 9.59 Å². The molecule has 0 radical (unpaired) electrons. The first-order chi connectivity index (χ1) is 18.9. The van der Waals surface area contributed by atoms with Crippen molar-refractivity contribution in [3.63, 3.8) is 0 Å². The summed E-state index contributed by atoms with van der Waals surface area (Å²) in [6.07, 6.45) is 2.58. The van der Waals surface area contributed by atoms with Gasteiger partial charge in [-0.2, -0.15) is 0 Å². The Morgan fingerprint density at radius 3 is 2.44 bits per heavy atom. The summed E-state index contributed by atoms with van der Waals surface area (Å²) in [5, 5.41) is 8.70. The van der Waals surface area contributed by atoms with Gasteiger partial charge in [0.1, 0.15) is 11.8 Å². The van der Waals surface area contributed by atoms with Crippen LogP contribution in [-0.4, -0.2) is 80.6 Å². The average molecular weight is 529 g/mol. The Kier molecular flexibility index (Phi) is 8.48. The number of amides is 2. The molecule has 7 nitrogen and oxygen atoms in total. The van der Waals surface area contributed by atoms with Gasteiger partial charge in [-0.15, -0.1) is 0 Å². The molecule has 2 fully saturated rings. The van der Waals surface area contributed by atoms with E-state index in [4.69, 9.17) is 4.74 Å². The van der Waals surface area contributed by atoms with Crippen LogP contribution in [0.4, 0.5) is 0 Å². The van der Waals surface area contributed by atoms with Crippen LogP contribution in [0.15, 0.2) is 60.7 Å². The van der Waals surface area contributed by atoms with Crippen LogP contribution in [0.25, 0.3) is 10.8 Å². The predicted octanol–water partition coefficient (Wildman–Crippen LogP) is 3.96. The number of methoxy groups -OCH3 is 1. The summed E-state index contributed by atoms with van der Waals surface area (Å²) < 4.78 is 5.31. The number of nitrogens with one attached hydrogen (secondary N) is 2. The van der Waals surface area contributed by atoms with Gasteiger partial charge in [0, 0.05) is 43.7 Å². The van der Waals surface area contributed by atoms with Gasteiger partial charge < -0.3 is 25.2 Å². The molecule has 7 heteroatoms. The van der Waals surface area contributed by atoms with Gasteiger partial charge in [-0.1, -0.05) is 42.0 Å². The summed E-state index contributed by atoms with van der Waals surface area (Å²) in [6.45, 7) is 6.03. The highest BCUT2D eigenvalue weighted by Crippen LogP contribution is 2.40. The number of nitrogens with zero attached hydrogens (tertiary/aromatic N) is 2. The van der Waals surface area contributed by atoms with Crippen molar-refractivity contribution in [3.05, 3.63) is 77.4 Å². The van der Waals surface area contributed by atoms with E-state index in [1.54, 1.807) is 7.11 Å². The van der Waals surface area contributed by atoms with Crippen molar-refractivity contribution in [1.29, 1.82) is 0 Å². The number of carbonyl (C=O) groups excluding carboxylic acids is 2. The maximum atomic E-state index is 13.5. The van der Waals surface area contributed by atoms with Crippen molar-refractivity contribution in [2.24, 2.45) is 0 Å². The van der Waals surface area contributed by atoms with Crippen molar-refractivity contribution in [3.8, 4) is 5.75 Å². The normalized spacial score (nSPS) is 20.0. The quantitative estimate of drug-likeness (QED) is 0.390. The van der Waals surface area contributed by atoms with Crippen LogP contribution in [0.3, 0.4) is 0 Å². The minimum Gasteiger partial charge on any atom is -0.497 e. The lowest BCUT2D eigenvalue weighted by Gasteiger charge is -2.34. The molecule has 0 bridgehead atoms. The molecule has 39 heavy (non-hydrogen) atoms. The van der Waals surface area contributed by atoms with E-state index < -0.39 is 6.04 Å². The minimum atomic E-state index is -0.540. The smallest absolute Gasteiger partial charge is 0.251 e. The molecule has 1 saturated carbocycles. The molecule has 1 saturated heterocycles. The molecule has 3 aromatic rings. The molecule has 1 aliphatic carbocycles. The second-order valence-corrected chi connectivity index (χ2v) is 11.0. The largest absolute Gasteiger partial charge is 0.497 e. The number of benzene rings is 3. The molecular formula is C32H40N4O3. The third-order valence-electron chi connectivity index (χ3n) is 8.10. The van der Waals surface area contributed by atoms with E-state index in [0.717, 1.165) is 49.0 Å². The molecule has 206 valence electrons. The van der Waals surface area contributed by atoms with E-state index in [0.29, 0.717) is 37.0 Å². The van der Waals surface area contributed by atoms with Crippen molar-refractivity contribution in [1.82, 2.24) is 20.4 Å². The van der Waals surface area contributed by atoms with Crippen molar-refractivity contribution in [2.75, 3.05) is 46.9 Å². The molecule has 2 aliphatic rings. The second-order valence-electron chi connectivity index (χ2n) is 11.0. The van der Waals surface area contributed by atoms with Gasteiger partial charge in [0.15, 0.2) is 0 Å². The van der Waals surface area contributed by atoms with Crippen molar-refractivity contribution in [2.45, 2.75) is 44.2 Å². The molecule has 1 heterocycles. The Hall–Kier alpha value is -3.42. The first kappa shape index (κ1) is 27.2. The van der Waals surface area contributed by atoms with Crippen LogP contribution >= 0.6 is 0 Å². The van der Waals surface area contributed by atoms with Crippen LogP contribution < -0.4 is 15.4 Å². The molecule has 3 atom stereocenters. The van der Waals surface area contributed by atoms with E-state index in [1.165, 1.54) is 11.1 Å². The summed E-state index contributed by atoms with van der Waals surface area (Å²) in [4.78, 5) is 31.0. The first-order valence-electron chi connectivity index (χ1n) is 14.1. The third kappa shape index (κ3) is 6.78. The SMILES string of the molecule is COc1ccc2cc(C(=O)N[C@@H](CCCN[C@@H]3C[C@H]3c3ccc(C)cc3)C(=O)N3CCN(C)CC3)ccc2c1. The summed E-state index contributed by atoms with van der Waals surface area (Å²) >= 11 is 0. The highest BCUT2D eigenvalue weighted by Gasteiger charge is 2.37. The van der Waals surface area contributed by atoms with E-state index >= 15 is 0 Å². The average Bonchev–Trinajstić information content (AvgIpc) is 3.74.